The van der Waals surface area contributed by atoms with Gasteiger partial charge in [-0.2, -0.15) is 9.78 Å². The smallest absolute Gasteiger partial charge is 0.407 e. The van der Waals surface area contributed by atoms with Crippen LogP contribution in [0.2, 0.25) is 0 Å². The second-order valence-corrected chi connectivity index (χ2v) is 7.79. The molecule has 0 saturated heterocycles. The van der Waals surface area contributed by atoms with Crippen molar-refractivity contribution >= 4 is 23.6 Å². The van der Waals surface area contributed by atoms with Crippen molar-refractivity contribution < 1.29 is 18.3 Å². The van der Waals surface area contributed by atoms with Crippen molar-refractivity contribution in [1.82, 2.24) is 20.2 Å². The Balaban J connectivity index is 1.71. The number of alkyl carbamates (subject to hydrolysis) is 1. The van der Waals surface area contributed by atoms with E-state index in [1.165, 1.54) is 28.6 Å². The first kappa shape index (κ1) is 19.3. The number of hydrogen-bond donors (Lipinski definition) is 1. The zero-order valence-corrected chi connectivity index (χ0v) is 15.9. The Morgan fingerprint density at radius 1 is 1.33 bits per heavy atom. The molecule has 1 aliphatic heterocycles. The molecule has 0 unspecified atom stereocenters. The van der Waals surface area contributed by atoms with Gasteiger partial charge in [-0.1, -0.05) is 11.8 Å². The molecular weight excluding hydrogens is 376 g/mol. The first-order chi connectivity index (χ1) is 12.7. The van der Waals surface area contributed by atoms with Gasteiger partial charge in [-0.3, -0.25) is 0 Å². The van der Waals surface area contributed by atoms with Gasteiger partial charge in [-0.15, -0.1) is 10.2 Å². The Bertz CT molecular complexity index is 892. The molecule has 1 aliphatic rings. The molecule has 0 atom stereocenters. The largest absolute Gasteiger partial charge is 0.444 e. The van der Waals surface area contributed by atoms with Crippen molar-refractivity contribution in [2.45, 2.75) is 37.9 Å². The number of nitrogens with one attached hydrogen (secondary N) is 1. The summed E-state index contributed by atoms with van der Waals surface area (Å²) in [6.45, 7) is 5.63. The van der Waals surface area contributed by atoms with E-state index in [-0.39, 0.29) is 12.1 Å². The third-order valence-corrected chi connectivity index (χ3v) is 4.42. The van der Waals surface area contributed by atoms with E-state index in [0.29, 0.717) is 28.9 Å². The van der Waals surface area contributed by atoms with E-state index in [2.05, 4.69) is 20.6 Å². The quantitative estimate of drug-likeness (QED) is 0.861. The van der Waals surface area contributed by atoms with E-state index >= 15 is 0 Å². The summed E-state index contributed by atoms with van der Waals surface area (Å²) < 4.78 is 33.8. The minimum atomic E-state index is -0.668. The molecule has 10 heteroatoms. The Labute approximate surface area is 159 Å². The highest BCUT2D eigenvalue weighted by Gasteiger charge is 2.22. The maximum Gasteiger partial charge on any atom is 0.407 e. The number of halogens is 2. The maximum absolute atomic E-state index is 14.0. The molecule has 3 rings (SSSR count). The fraction of sp³-hybridized carbons (Fsp3) is 0.412. The second kappa shape index (κ2) is 7.63. The topological polar surface area (TPSA) is 81.4 Å². The molecule has 0 aliphatic carbocycles. The summed E-state index contributed by atoms with van der Waals surface area (Å²) in [6.07, 6.45) is -0.150. The predicted molar refractivity (Wildman–Crippen MR) is 97.0 cm³/mol. The number of amides is 1. The van der Waals surface area contributed by atoms with Crippen molar-refractivity contribution in [2.75, 3.05) is 12.3 Å². The number of ether oxygens (including phenoxy) is 1. The fourth-order valence-corrected chi connectivity index (χ4v) is 3.22. The zero-order chi connectivity index (χ0) is 19.6. The molecule has 2 heterocycles. The number of nitrogens with zero attached hydrogens (tertiary/aromatic N) is 4. The number of thioether (sulfide) groups is 1. The lowest BCUT2D eigenvalue weighted by atomic mass is 10.1. The summed E-state index contributed by atoms with van der Waals surface area (Å²) in [5.74, 6) is -0.386. The molecule has 2 aromatic rings. The molecule has 0 fully saturated rings. The van der Waals surface area contributed by atoms with Gasteiger partial charge in [0, 0.05) is 30.3 Å². The van der Waals surface area contributed by atoms with E-state index in [0.717, 1.165) is 6.07 Å². The molecule has 27 heavy (non-hydrogen) atoms. The van der Waals surface area contributed by atoms with Crippen molar-refractivity contribution in [1.29, 1.82) is 0 Å². The number of carbonyl (C=O) groups is 1. The molecule has 0 radical (unpaired) electrons. The molecule has 1 aromatic heterocycles. The van der Waals surface area contributed by atoms with E-state index < -0.39 is 23.3 Å². The van der Waals surface area contributed by atoms with Gasteiger partial charge >= 0.3 is 6.09 Å². The Kier molecular flexibility index (Phi) is 5.45. The number of fused-ring (bicyclic) bond motifs is 1. The predicted octanol–water partition coefficient (Wildman–Crippen LogP) is 2.98. The molecule has 0 saturated carbocycles. The first-order valence-electron chi connectivity index (χ1n) is 8.30. The van der Waals surface area contributed by atoms with Crippen LogP contribution in [0.15, 0.2) is 28.5 Å². The molecule has 0 spiro atoms. The van der Waals surface area contributed by atoms with Gasteiger partial charge in [0.25, 0.3) is 0 Å². The molecule has 1 N–H and O–H groups in total. The molecule has 1 aromatic carbocycles. The average Bonchev–Trinajstić information content (AvgIpc) is 2.95. The van der Waals surface area contributed by atoms with Gasteiger partial charge in [-0.05, 0) is 32.9 Å². The van der Waals surface area contributed by atoms with Crippen LogP contribution in [0.5, 0.6) is 0 Å². The summed E-state index contributed by atoms with van der Waals surface area (Å²) in [4.78, 5) is 11.7. The standard InChI is InChI=1S/C17H19F2N5O2S/c1-17(2,3)26-16(25)20-7-6-14-21-22-15-24(14)23-13(9-27-15)11-5-4-10(18)8-12(11)19/h4-5,8H,6-7,9H2,1-3H3,(H,20,25). The number of hydrogen-bond acceptors (Lipinski definition) is 6. The van der Waals surface area contributed by atoms with Gasteiger partial charge in [0.05, 0.1) is 5.71 Å². The minimum Gasteiger partial charge on any atom is -0.444 e. The Hall–Kier alpha value is -2.49. The molecule has 144 valence electrons. The molecule has 0 bridgehead atoms. The van der Waals surface area contributed by atoms with Crippen LogP contribution in [0.25, 0.3) is 0 Å². The third-order valence-electron chi connectivity index (χ3n) is 3.49. The van der Waals surface area contributed by atoms with Gasteiger partial charge in [-0.25, -0.2) is 13.6 Å². The van der Waals surface area contributed by atoms with Crippen molar-refractivity contribution in [3.8, 4) is 0 Å². The van der Waals surface area contributed by atoms with Crippen molar-refractivity contribution in [3.63, 3.8) is 0 Å². The minimum absolute atomic E-state index is 0.237. The van der Waals surface area contributed by atoms with E-state index in [1.54, 1.807) is 20.8 Å². The first-order valence-corrected chi connectivity index (χ1v) is 9.29. The fourth-order valence-electron chi connectivity index (χ4n) is 2.37. The van der Waals surface area contributed by atoms with E-state index in [1.807, 2.05) is 0 Å². The number of benzene rings is 1. The Morgan fingerprint density at radius 2 is 2.11 bits per heavy atom. The molecular formula is C17H19F2N5O2S. The molecule has 7 nitrogen and oxygen atoms in total. The number of aromatic nitrogens is 3. The second-order valence-electron chi connectivity index (χ2n) is 6.85. The lowest BCUT2D eigenvalue weighted by molar-refractivity contribution is 0.0528. The number of carbonyl (C=O) groups excluding carboxylic acids is 1. The summed E-state index contributed by atoms with van der Waals surface area (Å²) in [7, 11) is 0. The highest BCUT2D eigenvalue weighted by molar-refractivity contribution is 7.99. The monoisotopic (exact) mass is 395 g/mol. The van der Waals surface area contributed by atoms with E-state index in [4.69, 9.17) is 4.74 Å². The highest BCUT2D eigenvalue weighted by atomic mass is 32.2. The van der Waals surface area contributed by atoms with Gasteiger partial charge in [0.2, 0.25) is 5.16 Å². The van der Waals surface area contributed by atoms with Crippen LogP contribution in [0.4, 0.5) is 13.6 Å². The third kappa shape index (κ3) is 4.82. The Morgan fingerprint density at radius 3 is 2.81 bits per heavy atom. The van der Waals surface area contributed by atoms with Crippen LogP contribution in [-0.4, -0.2) is 44.6 Å². The summed E-state index contributed by atoms with van der Waals surface area (Å²) in [5.41, 5.74) is 0.125. The van der Waals surface area contributed by atoms with Crippen LogP contribution < -0.4 is 5.32 Å². The lowest BCUT2D eigenvalue weighted by Gasteiger charge is -2.19. The molecule has 1 amide bonds. The average molecular weight is 395 g/mol. The maximum atomic E-state index is 14.0. The SMILES string of the molecule is CC(C)(C)OC(=O)NCCc1nnc2n1N=C(c1ccc(F)cc1F)CS2. The van der Waals surface area contributed by atoms with Crippen LogP contribution in [-0.2, 0) is 11.2 Å². The lowest BCUT2D eigenvalue weighted by Crippen LogP contribution is -2.33. The van der Waals surface area contributed by atoms with Crippen LogP contribution >= 0.6 is 11.8 Å². The highest BCUT2D eigenvalue weighted by Crippen LogP contribution is 2.25. The van der Waals surface area contributed by atoms with Gasteiger partial charge < -0.3 is 10.1 Å². The van der Waals surface area contributed by atoms with Crippen LogP contribution in [0.3, 0.4) is 0 Å². The zero-order valence-electron chi connectivity index (χ0n) is 15.1. The van der Waals surface area contributed by atoms with Crippen molar-refractivity contribution in [3.05, 3.63) is 41.2 Å². The summed E-state index contributed by atoms with van der Waals surface area (Å²) in [6, 6.07) is 3.39. The van der Waals surface area contributed by atoms with Gasteiger partial charge in [0.1, 0.15) is 17.2 Å². The summed E-state index contributed by atoms with van der Waals surface area (Å²) >= 11 is 1.36. The normalized spacial score (nSPS) is 13.7. The van der Waals surface area contributed by atoms with E-state index in [9.17, 15) is 13.6 Å². The van der Waals surface area contributed by atoms with Crippen LogP contribution in [0.1, 0.15) is 32.2 Å². The summed E-state index contributed by atoms with van der Waals surface area (Å²) in [5, 5.41) is 15.7. The van der Waals surface area contributed by atoms with Gasteiger partial charge in [0.15, 0.2) is 5.82 Å². The number of rotatable bonds is 4. The van der Waals surface area contributed by atoms with Crippen molar-refractivity contribution in [2.24, 2.45) is 5.10 Å². The van der Waals surface area contributed by atoms with Crippen LogP contribution in [0, 0.1) is 11.6 Å².